The Morgan fingerprint density at radius 3 is 2.30 bits per heavy atom. The fourth-order valence-electron chi connectivity index (χ4n) is 3.02. The first-order chi connectivity index (χ1) is 15.8. The number of amides is 2. The number of hydrogen-bond acceptors (Lipinski definition) is 6. The number of pyridine rings is 1. The molecule has 1 unspecified atom stereocenters. The predicted molar refractivity (Wildman–Crippen MR) is 122 cm³/mol. The Labute approximate surface area is 202 Å². The Morgan fingerprint density at radius 1 is 0.879 bits per heavy atom. The fourth-order valence-corrected chi connectivity index (χ4v) is 3.70. The van der Waals surface area contributed by atoms with E-state index in [1.54, 1.807) is 12.1 Å². The number of carbonyl (C=O) groups is 2. The molecule has 8 nitrogen and oxygen atoms in total. The average molecular weight is 503 g/mol. The Bertz CT molecular complexity index is 1410. The van der Waals surface area contributed by atoms with Crippen LogP contribution >= 0.6 is 34.8 Å². The molecule has 0 fully saturated rings. The third-order valence-corrected chi connectivity index (χ3v) is 5.43. The number of carbonyl (C=O) groups excluding carboxylic acids is 2. The lowest BCUT2D eigenvalue weighted by atomic mass is 10.0. The molecule has 0 saturated carbocycles. The molecule has 3 aromatic rings. The lowest BCUT2D eigenvalue weighted by molar-refractivity contribution is -0.115. The number of fused-ring (bicyclic) bond motifs is 1. The molecule has 0 spiro atoms. The van der Waals surface area contributed by atoms with Gasteiger partial charge in [-0.25, -0.2) is 9.98 Å². The van der Waals surface area contributed by atoms with Crippen LogP contribution in [0.3, 0.4) is 0 Å². The zero-order valence-corrected chi connectivity index (χ0v) is 18.9. The van der Waals surface area contributed by atoms with Crippen LogP contribution in [0.25, 0.3) is 0 Å². The summed E-state index contributed by atoms with van der Waals surface area (Å²) in [5.41, 5.74) is 5.27. The van der Waals surface area contributed by atoms with Crippen molar-refractivity contribution in [3.8, 4) is 0 Å². The van der Waals surface area contributed by atoms with Crippen molar-refractivity contribution in [3.05, 3.63) is 109 Å². The standard InChI is InChI=1S/C22H14Cl3N5O3/c23-12-1-3-14(15(25)9-12)20(31)18(29-30-21(32)11-5-7-26-8-6-11)19-22(33)28-17-10-13(24)2-4-16(17)27-19/h1-10,20,29,31H,(H,30,32). The van der Waals surface area contributed by atoms with E-state index < -0.39 is 17.9 Å². The zero-order valence-electron chi connectivity index (χ0n) is 16.6. The summed E-state index contributed by atoms with van der Waals surface area (Å²) in [4.78, 5) is 37.5. The highest BCUT2D eigenvalue weighted by Crippen LogP contribution is 2.31. The highest BCUT2D eigenvalue weighted by Gasteiger charge is 2.26. The molecule has 3 N–H and O–H groups in total. The second kappa shape index (κ2) is 9.68. The molecule has 0 radical (unpaired) electrons. The fraction of sp³-hybridized carbons (Fsp3) is 0.0455. The Balaban J connectivity index is 1.79. The molecule has 1 aromatic heterocycles. The second-order valence-corrected chi connectivity index (χ2v) is 8.09. The number of hydrogen-bond donors (Lipinski definition) is 3. The summed E-state index contributed by atoms with van der Waals surface area (Å²) < 4.78 is 0. The molecule has 0 saturated heterocycles. The first-order valence-electron chi connectivity index (χ1n) is 9.44. The molecule has 1 atom stereocenters. The van der Waals surface area contributed by atoms with Gasteiger partial charge in [-0.2, -0.15) is 0 Å². The Morgan fingerprint density at radius 2 is 1.58 bits per heavy atom. The number of nitrogens with zero attached hydrogens (tertiary/aromatic N) is 3. The van der Waals surface area contributed by atoms with Crippen molar-refractivity contribution < 1.29 is 14.7 Å². The minimum atomic E-state index is -1.47. The summed E-state index contributed by atoms with van der Waals surface area (Å²) in [5, 5.41) is 12.7. The number of hydrazine groups is 1. The molecular weight excluding hydrogens is 489 g/mol. The molecular formula is C22H14Cl3N5O3. The van der Waals surface area contributed by atoms with Crippen molar-refractivity contribution in [1.82, 2.24) is 15.8 Å². The zero-order chi connectivity index (χ0) is 23.5. The molecule has 2 aromatic carbocycles. The number of rotatable bonds is 5. The third kappa shape index (κ3) is 5.04. The smallest absolute Gasteiger partial charge is 0.298 e. The van der Waals surface area contributed by atoms with Crippen LogP contribution in [-0.4, -0.2) is 21.9 Å². The minimum Gasteiger partial charge on any atom is -0.382 e. The molecule has 0 aliphatic carbocycles. The number of aliphatic hydroxyl groups excluding tert-OH is 1. The van der Waals surface area contributed by atoms with Gasteiger partial charge >= 0.3 is 0 Å². The van der Waals surface area contributed by atoms with E-state index in [9.17, 15) is 14.7 Å². The van der Waals surface area contributed by atoms with Gasteiger partial charge in [-0.3, -0.25) is 25.4 Å². The van der Waals surface area contributed by atoms with Gasteiger partial charge in [0.05, 0.1) is 16.4 Å². The molecule has 11 heteroatoms. The first kappa shape index (κ1) is 22.9. The van der Waals surface area contributed by atoms with E-state index in [0.717, 1.165) is 0 Å². The molecule has 33 heavy (non-hydrogen) atoms. The molecule has 2 heterocycles. The summed E-state index contributed by atoms with van der Waals surface area (Å²) >= 11 is 18.2. The topological polar surface area (TPSA) is 116 Å². The van der Waals surface area contributed by atoms with E-state index >= 15 is 0 Å². The van der Waals surface area contributed by atoms with Crippen LogP contribution in [-0.2, 0) is 4.79 Å². The maximum Gasteiger partial charge on any atom is 0.298 e. The van der Waals surface area contributed by atoms with Crippen molar-refractivity contribution in [3.63, 3.8) is 0 Å². The predicted octanol–water partition coefficient (Wildman–Crippen LogP) is 2.70. The summed E-state index contributed by atoms with van der Waals surface area (Å²) in [6.07, 6.45) is 1.44. The maximum atomic E-state index is 12.8. The van der Waals surface area contributed by atoms with Crippen molar-refractivity contribution in [1.29, 1.82) is 0 Å². The van der Waals surface area contributed by atoms with E-state index in [0.29, 0.717) is 21.0 Å². The normalized spacial score (nSPS) is 15.0. The first-order valence-corrected chi connectivity index (χ1v) is 10.6. The molecule has 166 valence electrons. The minimum absolute atomic E-state index is 0.129. The highest BCUT2D eigenvalue weighted by atomic mass is 35.5. The van der Waals surface area contributed by atoms with Crippen LogP contribution in [0.2, 0.25) is 15.1 Å². The third-order valence-electron chi connectivity index (χ3n) is 4.63. The molecule has 0 bridgehead atoms. The summed E-state index contributed by atoms with van der Waals surface area (Å²) in [6.45, 7) is 0. The van der Waals surface area contributed by atoms with Gasteiger partial charge in [-0.05, 0) is 42.5 Å². The SMILES string of the molecule is O=C1N=c2cc(Cl)ccc2=NC1=C(NNC(=O)c1ccncc1)C(O)c1ccc(Cl)cc1Cl. The number of benzene rings is 2. The van der Waals surface area contributed by atoms with Gasteiger partial charge in [0.25, 0.3) is 11.8 Å². The van der Waals surface area contributed by atoms with Gasteiger partial charge in [-0.1, -0.05) is 40.9 Å². The van der Waals surface area contributed by atoms with Gasteiger partial charge in [0, 0.05) is 38.6 Å². The van der Waals surface area contributed by atoms with Crippen LogP contribution in [0.5, 0.6) is 0 Å². The van der Waals surface area contributed by atoms with Crippen molar-refractivity contribution in [2.45, 2.75) is 6.10 Å². The van der Waals surface area contributed by atoms with E-state index in [4.69, 9.17) is 34.8 Å². The van der Waals surface area contributed by atoms with Crippen LogP contribution in [0.15, 0.2) is 82.3 Å². The van der Waals surface area contributed by atoms with Gasteiger partial charge < -0.3 is 5.11 Å². The van der Waals surface area contributed by atoms with Crippen LogP contribution < -0.4 is 21.6 Å². The van der Waals surface area contributed by atoms with Crippen molar-refractivity contribution >= 4 is 46.6 Å². The monoisotopic (exact) mass is 501 g/mol. The van der Waals surface area contributed by atoms with Gasteiger partial charge in [0.1, 0.15) is 6.10 Å². The van der Waals surface area contributed by atoms with Crippen LogP contribution in [0.1, 0.15) is 22.0 Å². The Kier molecular flexibility index (Phi) is 6.71. The van der Waals surface area contributed by atoms with Crippen LogP contribution in [0.4, 0.5) is 0 Å². The lowest BCUT2D eigenvalue weighted by Gasteiger charge is -2.21. The molecule has 1 aliphatic rings. The van der Waals surface area contributed by atoms with Gasteiger partial charge in [0.15, 0.2) is 5.70 Å². The second-order valence-electron chi connectivity index (χ2n) is 6.81. The maximum absolute atomic E-state index is 12.8. The molecule has 2 amide bonds. The van der Waals surface area contributed by atoms with E-state index in [-0.39, 0.29) is 27.3 Å². The van der Waals surface area contributed by atoms with Crippen LogP contribution in [0, 0.1) is 0 Å². The summed E-state index contributed by atoms with van der Waals surface area (Å²) in [6, 6.07) is 12.2. The summed E-state index contributed by atoms with van der Waals surface area (Å²) in [5.74, 6) is -1.27. The summed E-state index contributed by atoms with van der Waals surface area (Å²) in [7, 11) is 0. The van der Waals surface area contributed by atoms with Gasteiger partial charge in [-0.15, -0.1) is 0 Å². The number of aliphatic hydroxyl groups is 1. The van der Waals surface area contributed by atoms with Crippen molar-refractivity contribution in [2.24, 2.45) is 9.98 Å². The Hall–Kier alpha value is -3.30. The van der Waals surface area contributed by atoms with E-state index in [1.165, 1.54) is 48.8 Å². The number of aromatic nitrogens is 1. The quantitative estimate of drug-likeness (QED) is 0.366. The lowest BCUT2D eigenvalue weighted by Crippen LogP contribution is -2.41. The van der Waals surface area contributed by atoms with E-state index in [2.05, 4.69) is 25.8 Å². The number of nitrogens with one attached hydrogen (secondary N) is 2. The largest absolute Gasteiger partial charge is 0.382 e. The average Bonchev–Trinajstić information content (AvgIpc) is 2.79. The van der Waals surface area contributed by atoms with Crippen molar-refractivity contribution in [2.75, 3.05) is 0 Å². The highest BCUT2D eigenvalue weighted by molar-refractivity contribution is 6.35. The molecule has 4 rings (SSSR count). The molecule has 1 aliphatic heterocycles. The number of halogens is 3. The van der Waals surface area contributed by atoms with E-state index in [1.807, 2.05) is 0 Å². The van der Waals surface area contributed by atoms with Gasteiger partial charge in [0.2, 0.25) is 0 Å².